The number of hydrogen-bond acceptors (Lipinski definition) is 5. The molecular weight excluding hydrogens is 240 g/mol. The standard InChI is InChI=1S/C14H14N4O/c1-9-4-5-13(19-3)12(6-9)18-14-16-10(2)7-11(8-15)17-14/h4-7H,1-3H3,(H,16,17,18). The van der Waals surface area contributed by atoms with Crippen LogP contribution in [-0.4, -0.2) is 17.1 Å². The van der Waals surface area contributed by atoms with E-state index in [0.717, 1.165) is 16.9 Å². The zero-order chi connectivity index (χ0) is 13.8. The molecular formula is C14H14N4O. The monoisotopic (exact) mass is 254 g/mol. The van der Waals surface area contributed by atoms with Gasteiger partial charge in [0, 0.05) is 5.69 Å². The highest BCUT2D eigenvalue weighted by Crippen LogP contribution is 2.27. The summed E-state index contributed by atoms with van der Waals surface area (Å²) in [4.78, 5) is 8.37. The molecule has 0 spiro atoms. The molecule has 0 unspecified atom stereocenters. The second-order valence-corrected chi connectivity index (χ2v) is 4.16. The maximum absolute atomic E-state index is 8.90. The molecule has 0 radical (unpaired) electrons. The third-order valence-corrected chi connectivity index (χ3v) is 2.57. The minimum atomic E-state index is 0.335. The first kappa shape index (κ1) is 12.8. The largest absolute Gasteiger partial charge is 0.495 e. The molecule has 0 bridgehead atoms. The normalized spacial score (nSPS) is 9.79. The minimum Gasteiger partial charge on any atom is -0.495 e. The summed E-state index contributed by atoms with van der Waals surface area (Å²) in [5.41, 5.74) is 2.94. The highest BCUT2D eigenvalue weighted by Gasteiger charge is 2.07. The Morgan fingerprint density at radius 1 is 1.21 bits per heavy atom. The van der Waals surface area contributed by atoms with Crippen LogP contribution in [0.3, 0.4) is 0 Å². The van der Waals surface area contributed by atoms with Crippen molar-refractivity contribution < 1.29 is 4.74 Å². The van der Waals surface area contributed by atoms with E-state index in [2.05, 4.69) is 15.3 Å². The van der Waals surface area contributed by atoms with E-state index in [-0.39, 0.29) is 0 Å². The van der Waals surface area contributed by atoms with Gasteiger partial charge < -0.3 is 10.1 Å². The molecule has 0 atom stereocenters. The third kappa shape index (κ3) is 2.99. The average molecular weight is 254 g/mol. The zero-order valence-electron chi connectivity index (χ0n) is 11.1. The number of aryl methyl sites for hydroxylation is 2. The fourth-order valence-electron chi connectivity index (χ4n) is 1.72. The van der Waals surface area contributed by atoms with Crippen LogP contribution in [0.5, 0.6) is 5.75 Å². The highest BCUT2D eigenvalue weighted by atomic mass is 16.5. The molecule has 5 heteroatoms. The summed E-state index contributed by atoms with van der Waals surface area (Å²) in [5.74, 6) is 1.09. The van der Waals surface area contributed by atoms with E-state index < -0.39 is 0 Å². The van der Waals surface area contributed by atoms with Gasteiger partial charge in [-0.1, -0.05) is 6.07 Å². The van der Waals surface area contributed by atoms with E-state index in [1.165, 1.54) is 0 Å². The molecule has 2 rings (SSSR count). The van der Waals surface area contributed by atoms with Crippen LogP contribution in [0.25, 0.3) is 0 Å². The lowest BCUT2D eigenvalue weighted by atomic mass is 10.2. The molecule has 1 N–H and O–H groups in total. The SMILES string of the molecule is COc1ccc(C)cc1Nc1nc(C)cc(C#N)n1. The summed E-state index contributed by atoms with van der Waals surface area (Å²) in [6.45, 7) is 3.81. The number of aromatic nitrogens is 2. The predicted octanol–water partition coefficient (Wildman–Crippen LogP) is 2.72. The van der Waals surface area contributed by atoms with Gasteiger partial charge in [-0.15, -0.1) is 0 Å². The van der Waals surface area contributed by atoms with Crippen LogP contribution in [0.15, 0.2) is 24.3 Å². The van der Waals surface area contributed by atoms with E-state index in [9.17, 15) is 0 Å². The summed E-state index contributed by atoms with van der Waals surface area (Å²) in [7, 11) is 1.60. The maximum Gasteiger partial charge on any atom is 0.228 e. The van der Waals surface area contributed by atoms with Gasteiger partial charge in [0.25, 0.3) is 0 Å². The van der Waals surface area contributed by atoms with Crippen molar-refractivity contribution in [3.63, 3.8) is 0 Å². The highest BCUT2D eigenvalue weighted by molar-refractivity contribution is 5.63. The van der Waals surface area contributed by atoms with Gasteiger partial charge in [-0.25, -0.2) is 9.97 Å². The van der Waals surface area contributed by atoms with Crippen LogP contribution in [-0.2, 0) is 0 Å². The molecule has 2 aromatic rings. The average Bonchev–Trinajstić information content (AvgIpc) is 2.38. The molecule has 0 saturated heterocycles. The summed E-state index contributed by atoms with van der Waals surface area (Å²) in [5, 5.41) is 12.0. The third-order valence-electron chi connectivity index (χ3n) is 2.57. The van der Waals surface area contributed by atoms with E-state index in [0.29, 0.717) is 17.4 Å². The fraction of sp³-hybridized carbons (Fsp3) is 0.214. The van der Waals surface area contributed by atoms with Crippen LogP contribution in [0, 0.1) is 25.2 Å². The van der Waals surface area contributed by atoms with Crippen molar-refractivity contribution in [1.29, 1.82) is 5.26 Å². The summed E-state index contributed by atoms with van der Waals surface area (Å²) in [6, 6.07) is 9.42. The van der Waals surface area contributed by atoms with Gasteiger partial charge in [0.2, 0.25) is 5.95 Å². The van der Waals surface area contributed by atoms with Crippen molar-refractivity contribution in [1.82, 2.24) is 9.97 Å². The first-order chi connectivity index (χ1) is 9.12. The molecule has 1 aromatic heterocycles. The molecule has 0 aliphatic heterocycles. The number of nitrogens with zero attached hydrogens (tertiary/aromatic N) is 3. The predicted molar refractivity (Wildman–Crippen MR) is 72.5 cm³/mol. The molecule has 0 aliphatic rings. The Hall–Kier alpha value is -2.61. The van der Waals surface area contributed by atoms with Gasteiger partial charge in [-0.3, -0.25) is 0 Å². The Morgan fingerprint density at radius 2 is 2.00 bits per heavy atom. The number of hydrogen-bond donors (Lipinski definition) is 1. The van der Waals surface area contributed by atoms with Gasteiger partial charge in [-0.05, 0) is 37.6 Å². The smallest absolute Gasteiger partial charge is 0.228 e. The van der Waals surface area contributed by atoms with Gasteiger partial charge in [0.1, 0.15) is 17.5 Å². The lowest BCUT2D eigenvalue weighted by Crippen LogP contribution is -2.02. The topological polar surface area (TPSA) is 70.8 Å². The van der Waals surface area contributed by atoms with E-state index in [4.69, 9.17) is 10.00 Å². The Bertz CT molecular complexity index is 646. The van der Waals surface area contributed by atoms with Crippen molar-refractivity contribution in [2.75, 3.05) is 12.4 Å². The van der Waals surface area contributed by atoms with Gasteiger partial charge in [0.15, 0.2) is 0 Å². The molecule has 0 fully saturated rings. The molecule has 0 aliphatic carbocycles. The summed E-state index contributed by atoms with van der Waals surface area (Å²) >= 11 is 0. The summed E-state index contributed by atoms with van der Waals surface area (Å²) in [6.07, 6.45) is 0. The van der Waals surface area contributed by atoms with Crippen molar-refractivity contribution in [3.05, 3.63) is 41.2 Å². The van der Waals surface area contributed by atoms with Crippen molar-refractivity contribution >= 4 is 11.6 Å². The number of nitrogens with one attached hydrogen (secondary N) is 1. The lowest BCUT2D eigenvalue weighted by molar-refractivity contribution is 0.416. The van der Waals surface area contributed by atoms with Crippen LogP contribution in [0.2, 0.25) is 0 Å². The fourth-order valence-corrected chi connectivity index (χ4v) is 1.72. The molecule has 19 heavy (non-hydrogen) atoms. The second kappa shape index (κ2) is 5.36. The number of ether oxygens (including phenoxy) is 1. The van der Waals surface area contributed by atoms with E-state index in [1.807, 2.05) is 38.1 Å². The van der Waals surface area contributed by atoms with Gasteiger partial charge in [0.05, 0.1) is 12.8 Å². The first-order valence-electron chi connectivity index (χ1n) is 5.80. The molecule has 96 valence electrons. The van der Waals surface area contributed by atoms with Crippen LogP contribution >= 0.6 is 0 Å². The number of rotatable bonds is 3. The zero-order valence-corrected chi connectivity index (χ0v) is 11.1. The van der Waals surface area contributed by atoms with Crippen molar-refractivity contribution in [2.24, 2.45) is 0 Å². The van der Waals surface area contributed by atoms with Crippen molar-refractivity contribution in [3.8, 4) is 11.8 Å². The first-order valence-corrected chi connectivity index (χ1v) is 5.80. The Morgan fingerprint density at radius 3 is 2.68 bits per heavy atom. The van der Waals surface area contributed by atoms with Crippen LogP contribution in [0.4, 0.5) is 11.6 Å². The van der Waals surface area contributed by atoms with Crippen LogP contribution in [0.1, 0.15) is 17.0 Å². The minimum absolute atomic E-state index is 0.335. The lowest BCUT2D eigenvalue weighted by Gasteiger charge is -2.11. The van der Waals surface area contributed by atoms with Crippen LogP contribution < -0.4 is 10.1 Å². The quantitative estimate of drug-likeness (QED) is 0.911. The second-order valence-electron chi connectivity index (χ2n) is 4.16. The number of anilines is 2. The molecule has 5 nitrogen and oxygen atoms in total. The molecule has 1 heterocycles. The molecule has 0 amide bonds. The van der Waals surface area contributed by atoms with E-state index >= 15 is 0 Å². The van der Waals surface area contributed by atoms with Gasteiger partial charge >= 0.3 is 0 Å². The number of methoxy groups -OCH3 is 1. The number of benzene rings is 1. The molecule has 1 aromatic carbocycles. The summed E-state index contributed by atoms with van der Waals surface area (Å²) < 4.78 is 5.28. The van der Waals surface area contributed by atoms with Gasteiger partial charge in [-0.2, -0.15) is 5.26 Å². The Labute approximate surface area is 111 Å². The van der Waals surface area contributed by atoms with Crippen molar-refractivity contribution in [2.45, 2.75) is 13.8 Å². The van der Waals surface area contributed by atoms with E-state index in [1.54, 1.807) is 13.2 Å². The number of nitriles is 1. The Balaban J connectivity index is 2.38. The molecule has 0 saturated carbocycles. The maximum atomic E-state index is 8.90. The Kier molecular flexibility index (Phi) is 3.62.